The number of hydrogen-bond acceptors (Lipinski definition) is 4. The maximum absolute atomic E-state index is 12.3. The molecule has 2 rings (SSSR count). The fourth-order valence-corrected chi connectivity index (χ4v) is 4.34. The van der Waals surface area contributed by atoms with Gasteiger partial charge in [0.1, 0.15) is 10.9 Å². The van der Waals surface area contributed by atoms with Gasteiger partial charge in [0, 0.05) is 4.90 Å². The van der Waals surface area contributed by atoms with Crippen molar-refractivity contribution in [1.82, 2.24) is 0 Å². The minimum atomic E-state index is -1.22. The third-order valence-electron chi connectivity index (χ3n) is 3.78. The average Bonchev–Trinajstić information content (AvgIpc) is 2.49. The highest BCUT2D eigenvalue weighted by molar-refractivity contribution is 8.00. The van der Waals surface area contributed by atoms with Crippen molar-refractivity contribution in [2.75, 3.05) is 6.61 Å². The van der Waals surface area contributed by atoms with Crippen molar-refractivity contribution in [1.29, 1.82) is 0 Å². The lowest BCUT2D eigenvalue weighted by molar-refractivity contribution is -0.148. The predicted molar refractivity (Wildman–Crippen MR) is 85.8 cm³/mol. The molecular formula is C16H21ClO3S. The molecule has 0 heterocycles. The van der Waals surface area contributed by atoms with E-state index >= 15 is 0 Å². The van der Waals surface area contributed by atoms with E-state index in [1.54, 1.807) is 6.92 Å². The van der Waals surface area contributed by atoms with Crippen molar-refractivity contribution in [2.45, 2.75) is 53.7 Å². The van der Waals surface area contributed by atoms with Gasteiger partial charge in [0.05, 0.1) is 12.0 Å². The van der Waals surface area contributed by atoms with Gasteiger partial charge < -0.3 is 9.84 Å². The van der Waals surface area contributed by atoms with Crippen molar-refractivity contribution in [3.8, 4) is 0 Å². The number of esters is 1. The molecule has 0 amide bonds. The Morgan fingerprint density at radius 2 is 2.19 bits per heavy atom. The summed E-state index contributed by atoms with van der Waals surface area (Å²) in [6, 6.07) is 9.59. The van der Waals surface area contributed by atoms with Crippen LogP contribution < -0.4 is 0 Å². The van der Waals surface area contributed by atoms with Crippen LogP contribution in [0.15, 0.2) is 35.2 Å². The van der Waals surface area contributed by atoms with Crippen LogP contribution >= 0.6 is 23.4 Å². The number of thioether (sulfide) groups is 1. The summed E-state index contributed by atoms with van der Waals surface area (Å²) >= 11 is 7.69. The van der Waals surface area contributed by atoms with E-state index in [9.17, 15) is 9.90 Å². The lowest BCUT2D eigenvalue weighted by Gasteiger charge is -2.40. The number of alkyl halides is 1. The molecule has 0 bridgehead atoms. The summed E-state index contributed by atoms with van der Waals surface area (Å²) in [6.07, 6.45) is 3.13. The molecule has 1 saturated carbocycles. The molecule has 1 aliphatic rings. The second-order valence-electron chi connectivity index (χ2n) is 5.27. The summed E-state index contributed by atoms with van der Waals surface area (Å²) in [6.45, 7) is 2.07. The molecule has 1 N–H and O–H groups in total. The number of aliphatic hydroxyl groups is 1. The van der Waals surface area contributed by atoms with Gasteiger partial charge in [-0.2, -0.15) is 0 Å². The molecular weight excluding hydrogens is 308 g/mol. The van der Waals surface area contributed by atoms with Crippen LogP contribution in [0, 0.1) is 0 Å². The maximum atomic E-state index is 12.3. The lowest BCUT2D eigenvalue weighted by atomic mass is 9.81. The number of hydrogen-bond donors (Lipinski definition) is 1. The fraction of sp³-hybridized carbons (Fsp3) is 0.562. The van der Waals surface area contributed by atoms with Crippen LogP contribution in [0.4, 0.5) is 0 Å². The number of benzene rings is 1. The monoisotopic (exact) mass is 328 g/mol. The standard InChI is InChI=1S/C16H21ClO3S/c1-2-20-15(18)14(21-12-8-4-3-5-9-12)16(19)11-7-6-10-13(16)17/h3-5,8-9,13-14,19H,2,6-7,10-11H2,1H3. The minimum Gasteiger partial charge on any atom is -0.465 e. The highest BCUT2D eigenvalue weighted by Crippen LogP contribution is 2.42. The Morgan fingerprint density at radius 1 is 1.48 bits per heavy atom. The zero-order valence-electron chi connectivity index (χ0n) is 12.1. The summed E-state index contributed by atoms with van der Waals surface area (Å²) in [5.41, 5.74) is -1.22. The molecule has 0 spiro atoms. The summed E-state index contributed by atoms with van der Waals surface area (Å²) in [5.74, 6) is -0.388. The molecule has 1 aromatic carbocycles. The molecule has 3 atom stereocenters. The van der Waals surface area contributed by atoms with E-state index in [-0.39, 0.29) is 5.97 Å². The van der Waals surface area contributed by atoms with Crippen LogP contribution in [0.1, 0.15) is 32.6 Å². The van der Waals surface area contributed by atoms with Crippen molar-refractivity contribution in [2.24, 2.45) is 0 Å². The first-order valence-electron chi connectivity index (χ1n) is 7.32. The van der Waals surface area contributed by atoms with Crippen LogP contribution in [0.25, 0.3) is 0 Å². The van der Waals surface area contributed by atoms with Crippen LogP contribution in [0.5, 0.6) is 0 Å². The summed E-state index contributed by atoms with van der Waals surface area (Å²) < 4.78 is 5.16. The molecule has 0 aliphatic heterocycles. The third kappa shape index (κ3) is 3.93. The number of halogens is 1. The zero-order valence-corrected chi connectivity index (χ0v) is 13.7. The Morgan fingerprint density at radius 3 is 2.81 bits per heavy atom. The molecule has 3 nitrogen and oxygen atoms in total. The second kappa shape index (κ2) is 7.52. The van der Waals surface area contributed by atoms with E-state index in [0.717, 1.165) is 24.2 Å². The zero-order chi connectivity index (χ0) is 15.3. The first-order valence-corrected chi connectivity index (χ1v) is 8.64. The van der Waals surface area contributed by atoms with Crippen molar-refractivity contribution < 1.29 is 14.6 Å². The van der Waals surface area contributed by atoms with Crippen molar-refractivity contribution >= 4 is 29.3 Å². The van der Waals surface area contributed by atoms with Crippen LogP contribution in [-0.2, 0) is 9.53 Å². The van der Waals surface area contributed by atoms with Gasteiger partial charge >= 0.3 is 5.97 Å². The molecule has 1 aromatic rings. The van der Waals surface area contributed by atoms with Gasteiger partial charge in [0.15, 0.2) is 0 Å². The molecule has 1 aliphatic carbocycles. The molecule has 3 unspecified atom stereocenters. The maximum Gasteiger partial charge on any atom is 0.322 e. The molecule has 5 heteroatoms. The Kier molecular flexibility index (Phi) is 5.97. The van der Waals surface area contributed by atoms with Crippen LogP contribution in [-0.4, -0.2) is 33.9 Å². The lowest BCUT2D eigenvalue weighted by Crippen LogP contribution is -2.53. The Balaban J connectivity index is 2.24. The van der Waals surface area contributed by atoms with Gasteiger partial charge in [-0.1, -0.05) is 31.0 Å². The van der Waals surface area contributed by atoms with Crippen molar-refractivity contribution in [3.05, 3.63) is 30.3 Å². The van der Waals surface area contributed by atoms with Gasteiger partial charge in [-0.25, -0.2) is 0 Å². The molecule has 0 radical (unpaired) electrons. The van der Waals surface area contributed by atoms with Crippen LogP contribution in [0.3, 0.4) is 0 Å². The van der Waals surface area contributed by atoms with E-state index in [1.165, 1.54) is 11.8 Å². The topological polar surface area (TPSA) is 46.5 Å². The highest BCUT2D eigenvalue weighted by atomic mass is 35.5. The predicted octanol–water partition coefficient (Wildman–Crippen LogP) is 3.62. The highest BCUT2D eigenvalue weighted by Gasteiger charge is 2.49. The molecule has 1 fully saturated rings. The van der Waals surface area contributed by atoms with E-state index in [1.807, 2.05) is 30.3 Å². The Labute approximate surface area is 135 Å². The van der Waals surface area contributed by atoms with E-state index in [2.05, 4.69) is 0 Å². The van der Waals surface area contributed by atoms with Gasteiger partial charge in [-0.3, -0.25) is 4.79 Å². The number of rotatable bonds is 5. The number of ether oxygens (including phenoxy) is 1. The van der Waals surface area contributed by atoms with Gasteiger partial charge in [-0.15, -0.1) is 23.4 Å². The van der Waals surface area contributed by atoms with Gasteiger partial charge in [0.25, 0.3) is 0 Å². The smallest absolute Gasteiger partial charge is 0.322 e. The van der Waals surface area contributed by atoms with Gasteiger partial charge in [0.2, 0.25) is 0 Å². The largest absolute Gasteiger partial charge is 0.465 e. The molecule has 0 saturated heterocycles. The third-order valence-corrected chi connectivity index (χ3v) is 5.76. The van der Waals surface area contributed by atoms with Crippen molar-refractivity contribution in [3.63, 3.8) is 0 Å². The Hall–Kier alpha value is -0.710. The number of carbonyl (C=O) groups excluding carboxylic acids is 1. The molecule has 21 heavy (non-hydrogen) atoms. The van der Waals surface area contributed by atoms with E-state index < -0.39 is 16.2 Å². The summed E-state index contributed by atoms with van der Waals surface area (Å²) in [5, 5.41) is 9.89. The Bertz CT molecular complexity index is 468. The number of carbonyl (C=O) groups is 1. The van der Waals surface area contributed by atoms with E-state index in [4.69, 9.17) is 16.3 Å². The fourth-order valence-electron chi connectivity index (χ4n) is 2.64. The second-order valence-corrected chi connectivity index (χ2v) is 6.97. The van der Waals surface area contributed by atoms with Gasteiger partial charge in [-0.05, 0) is 31.9 Å². The first-order chi connectivity index (χ1) is 10.1. The minimum absolute atomic E-state index is 0.299. The quantitative estimate of drug-likeness (QED) is 0.509. The summed E-state index contributed by atoms with van der Waals surface area (Å²) in [7, 11) is 0. The first kappa shape index (κ1) is 16.7. The van der Waals surface area contributed by atoms with E-state index in [0.29, 0.717) is 13.0 Å². The molecule has 116 valence electrons. The normalized spacial score (nSPS) is 27.1. The molecule has 0 aromatic heterocycles. The SMILES string of the molecule is CCOC(=O)C(Sc1ccccc1)C1(O)CCCCC1Cl. The average molecular weight is 329 g/mol. The van der Waals surface area contributed by atoms with Crippen LogP contribution in [0.2, 0.25) is 0 Å². The summed E-state index contributed by atoms with van der Waals surface area (Å²) in [4.78, 5) is 13.3.